The Morgan fingerprint density at radius 1 is 1.45 bits per heavy atom. The summed E-state index contributed by atoms with van der Waals surface area (Å²) in [5, 5.41) is 8.95. The van der Waals surface area contributed by atoms with E-state index < -0.39 is 22.9 Å². The molecule has 2 heterocycles. The third-order valence-corrected chi connectivity index (χ3v) is 3.56. The number of rotatable bonds is 2. The van der Waals surface area contributed by atoms with Crippen LogP contribution in [0.1, 0.15) is 24.2 Å². The van der Waals surface area contributed by atoms with Crippen LogP contribution in [0.2, 0.25) is 0 Å². The summed E-state index contributed by atoms with van der Waals surface area (Å²) < 4.78 is 14.3. The zero-order valence-electron chi connectivity index (χ0n) is 11.6. The summed E-state index contributed by atoms with van der Waals surface area (Å²) in [7, 11) is 1.68. The molecule has 1 aromatic rings. The Labute approximate surface area is 115 Å². The molecule has 1 saturated heterocycles. The van der Waals surface area contributed by atoms with Crippen LogP contribution < -0.4 is 4.90 Å². The van der Waals surface area contributed by atoms with Crippen molar-refractivity contribution in [3.63, 3.8) is 0 Å². The van der Waals surface area contributed by atoms with E-state index in [1.54, 1.807) is 25.8 Å². The van der Waals surface area contributed by atoms with Crippen molar-refractivity contribution in [3.05, 3.63) is 23.6 Å². The molecule has 0 aliphatic carbocycles. The minimum atomic E-state index is -1.36. The van der Waals surface area contributed by atoms with Crippen LogP contribution in [-0.2, 0) is 4.79 Å². The number of carboxylic acid groups (broad SMARTS) is 1. The number of aromatic carboxylic acids is 1. The Balaban J connectivity index is 2.49. The number of carbonyl (C=O) groups excluding carboxylic acids is 1. The quantitative estimate of drug-likeness (QED) is 0.874. The maximum absolute atomic E-state index is 14.3. The number of anilines is 1. The van der Waals surface area contributed by atoms with Gasteiger partial charge in [-0.3, -0.25) is 4.79 Å². The van der Waals surface area contributed by atoms with E-state index in [1.807, 2.05) is 0 Å². The molecule has 0 aromatic carbocycles. The number of halogens is 1. The van der Waals surface area contributed by atoms with Crippen molar-refractivity contribution in [2.24, 2.45) is 0 Å². The summed E-state index contributed by atoms with van der Waals surface area (Å²) >= 11 is 0. The van der Waals surface area contributed by atoms with Crippen LogP contribution in [0.4, 0.5) is 10.2 Å². The molecule has 108 valence electrons. The van der Waals surface area contributed by atoms with Crippen molar-refractivity contribution in [2.75, 3.05) is 25.0 Å². The SMILES string of the molecule is CN1CCN(c2nccc(C(=O)O)c2F)C(C)(C)C1=O. The molecule has 6 nitrogen and oxygen atoms in total. The summed E-state index contributed by atoms with van der Waals surface area (Å²) in [6.07, 6.45) is 1.24. The summed E-state index contributed by atoms with van der Waals surface area (Å²) in [4.78, 5) is 30.1. The Hall–Kier alpha value is -2.18. The number of hydrogen-bond donors (Lipinski definition) is 1. The highest BCUT2D eigenvalue weighted by Gasteiger charge is 2.42. The lowest BCUT2D eigenvalue weighted by molar-refractivity contribution is -0.136. The number of carbonyl (C=O) groups is 2. The molecule has 0 radical (unpaired) electrons. The number of pyridine rings is 1. The molecule has 0 unspecified atom stereocenters. The van der Waals surface area contributed by atoms with Crippen LogP contribution in [0, 0.1) is 5.82 Å². The van der Waals surface area contributed by atoms with Gasteiger partial charge in [0.1, 0.15) is 11.1 Å². The van der Waals surface area contributed by atoms with Crippen molar-refractivity contribution in [2.45, 2.75) is 19.4 Å². The molecule has 1 fully saturated rings. The summed E-state index contributed by atoms with van der Waals surface area (Å²) in [6, 6.07) is 1.10. The van der Waals surface area contributed by atoms with E-state index in [4.69, 9.17) is 5.11 Å². The molecule has 1 amide bonds. The molecular formula is C13H16FN3O3. The first-order valence-corrected chi connectivity index (χ1v) is 6.18. The first-order valence-electron chi connectivity index (χ1n) is 6.18. The topological polar surface area (TPSA) is 73.7 Å². The van der Waals surface area contributed by atoms with Crippen LogP contribution in [0.3, 0.4) is 0 Å². The Kier molecular flexibility index (Phi) is 3.37. The molecule has 0 bridgehead atoms. The van der Waals surface area contributed by atoms with E-state index in [0.717, 1.165) is 6.07 Å². The van der Waals surface area contributed by atoms with Gasteiger partial charge in [0, 0.05) is 26.3 Å². The lowest BCUT2D eigenvalue weighted by atomic mass is 9.97. The fraction of sp³-hybridized carbons (Fsp3) is 0.462. The van der Waals surface area contributed by atoms with E-state index in [0.29, 0.717) is 13.1 Å². The summed E-state index contributed by atoms with van der Waals surface area (Å²) in [5.74, 6) is -2.53. The molecule has 7 heteroatoms. The molecule has 1 aliphatic rings. The molecule has 0 spiro atoms. The number of piperazine rings is 1. The van der Waals surface area contributed by atoms with Gasteiger partial charge in [0.05, 0.1) is 0 Å². The lowest BCUT2D eigenvalue weighted by Crippen LogP contribution is -2.62. The second-order valence-corrected chi connectivity index (χ2v) is 5.24. The Morgan fingerprint density at radius 3 is 2.70 bits per heavy atom. The number of likely N-dealkylation sites (N-methyl/N-ethyl adjacent to an activating group) is 1. The Bertz CT molecular complexity index is 574. The fourth-order valence-electron chi connectivity index (χ4n) is 2.37. The number of aromatic nitrogens is 1. The van der Waals surface area contributed by atoms with Gasteiger partial charge in [-0.05, 0) is 19.9 Å². The van der Waals surface area contributed by atoms with E-state index in [-0.39, 0.29) is 11.7 Å². The number of nitrogens with zero attached hydrogens (tertiary/aromatic N) is 3. The van der Waals surface area contributed by atoms with Crippen LogP contribution in [0.15, 0.2) is 12.3 Å². The molecule has 2 rings (SSSR count). The van der Waals surface area contributed by atoms with Crippen molar-refractivity contribution in [3.8, 4) is 0 Å². The van der Waals surface area contributed by atoms with Crippen molar-refractivity contribution in [1.29, 1.82) is 0 Å². The van der Waals surface area contributed by atoms with Gasteiger partial charge in [-0.2, -0.15) is 0 Å². The van der Waals surface area contributed by atoms with E-state index >= 15 is 0 Å². The lowest BCUT2D eigenvalue weighted by Gasteiger charge is -2.45. The third kappa shape index (κ3) is 2.09. The number of carboxylic acids is 1. The van der Waals surface area contributed by atoms with Gasteiger partial charge in [0.25, 0.3) is 0 Å². The molecule has 0 saturated carbocycles. The van der Waals surface area contributed by atoms with Gasteiger partial charge in [0.15, 0.2) is 11.6 Å². The second kappa shape index (κ2) is 4.73. The highest BCUT2D eigenvalue weighted by molar-refractivity contribution is 5.92. The van der Waals surface area contributed by atoms with Gasteiger partial charge >= 0.3 is 5.97 Å². The van der Waals surface area contributed by atoms with Crippen molar-refractivity contribution >= 4 is 17.7 Å². The van der Waals surface area contributed by atoms with E-state index in [1.165, 1.54) is 11.1 Å². The highest BCUT2D eigenvalue weighted by Crippen LogP contribution is 2.29. The summed E-state index contributed by atoms with van der Waals surface area (Å²) in [6.45, 7) is 4.15. The maximum Gasteiger partial charge on any atom is 0.338 e. The number of amides is 1. The summed E-state index contributed by atoms with van der Waals surface area (Å²) in [5.41, 5.74) is -1.42. The normalized spacial score (nSPS) is 18.3. The van der Waals surface area contributed by atoms with Crippen LogP contribution in [0.25, 0.3) is 0 Å². The van der Waals surface area contributed by atoms with Gasteiger partial charge in [-0.25, -0.2) is 14.2 Å². The smallest absolute Gasteiger partial charge is 0.338 e. The fourth-order valence-corrected chi connectivity index (χ4v) is 2.37. The molecule has 20 heavy (non-hydrogen) atoms. The van der Waals surface area contributed by atoms with Crippen LogP contribution in [-0.4, -0.2) is 52.5 Å². The largest absolute Gasteiger partial charge is 0.478 e. The van der Waals surface area contributed by atoms with Crippen molar-refractivity contribution < 1.29 is 19.1 Å². The van der Waals surface area contributed by atoms with Gasteiger partial charge in [0.2, 0.25) is 5.91 Å². The first-order chi connectivity index (χ1) is 9.26. The highest BCUT2D eigenvalue weighted by atomic mass is 19.1. The first kappa shape index (κ1) is 14.2. The van der Waals surface area contributed by atoms with Gasteiger partial charge in [-0.15, -0.1) is 0 Å². The van der Waals surface area contributed by atoms with Gasteiger partial charge < -0.3 is 14.9 Å². The predicted octanol–water partition coefficient (Wildman–Crippen LogP) is 0.976. The van der Waals surface area contributed by atoms with E-state index in [9.17, 15) is 14.0 Å². The molecular weight excluding hydrogens is 265 g/mol. The number of hydrogen-bond acceptors (Lipinski definition) is 4. The second-order valence-electron chi connectivity index (χ2n) is 5.24. The van der Waals surface area contributed by atoms with Crippen molar-refractivity contribution in [1.82, 2.24) is 9.88 Å². The standard InChI is InChI=1S/C13H16FN3O3/c1-13(2)12(20)16(3)6-7-17(13)10-9(14)8(11(18)19)4-5-15-10/h4-5H,6-7H2,1-3H3,(H,18,19). The zero-order valence-corrected chi connectivity index (χ0v) is 11.6. The molecule has 0 atom stereocenters. The average Bonchev–Trinajstić information content (AvgIpc) is 2.37. The molecule has 1 N–H and O–H groups in total. The van der Waals surface area contributed by atoms with Gasteiger partial charge in [-0.1, -0.05) is 0 Å². The monoisotopic (exact) mass is 281 g/mol. The maximum atomic E-state index is 14.3. The minimum absolute atomic E-state index is 0.101. The Morgan fingerprint density at radius 2 is 2.10 bits per heavy atom. The average molecular weight is 281 g/mol. The van der Waals surface area contributed by atoms with E-state index in [2.05, 4.69) is 4.98 Å². The minimum Gasteiger partial charge on any atom is -0.478 e. The van der Waals surface area contributed by atoms with Crippen LogP contribution >= 0.6 is 0 Å². The third-order valence-electron chi connectivity index (χ3n) is 3.56. The molecule has 1 aromatic heterocycles. The predicted molar refractivity (Wildman–Crippen MR) is 70.2 cm³/mol. The zero-order chi connectivity index (χ0) is 15.1. The van der Waals surface area contributed by atoms with Crippen LogP contribution in [0.5, 0.6) is 0 Å². The molecule has 1 aliphatic heterocycles.